The molecule has 6 heteroatoms. The number of hydrogen-bond acceptors (Lipinski definition) is 4. The highest BCUT2D eigenvalue weighted by Gasteiger charge is 2.23. The van der Waals surface area contributed by atoms with E-state index in [1.807, 2.05) is 34.6 Å². The van der Waals surface area contributed by atoms with Crippen molar-refractivity contribution in [2.24, 2.45) is 0 Å². The predicted molar refractivity (Wildman–Crippen MR) is 92.9 cm³/mol. The second-order valence-corrected chi connectivity index (χ2v) is 7.15. The monoisotopic (exact) mass is 342 g/mol. The van der Waals surface area contributed by atoms with Crippen molar-refractivity contribution in [1.29, 1.82) is 0 Å². The highest BCUT2D eigenvalue weighted by molar-refractivity contribution is 6.30. The topological polar surface area (TPSA) is 61.8 Å². The zero-order valence-electron chi connectivity index (χ0n) is 14.5. The Morgan fingerprint density at radius 1 is 1.39 bits per heavy atom. The van der Waals surface area contributed by atoms with E-state index >= 15 is 0 Å². The lowest BCUT2D eigenvalue weighted by molar-refractivity contribution is 0.0193. The fourth-order valence-electron chi connectivity index (χ4n) is 2.00. The van der Waals surface area contributed by atoms with Crippen molar-refractivity contribution in [2.75, 3.05) is 13.1 Å². The molecule has 23 heavy (non-hydrogen) atoms. The smallest absolute Gasteiger partial charge is 0.410 e. The fraction of sp³-hybridized carbons (Fsp3) is 0.588. The van der Waals surface area contributed by atoms with E-state index in [-0.39, 0.29) is 17.9 Å². The number of aromatic hydroxyl groups is 1. The van der Waals surface area contributed by atoms with E-state index in [1.165, 1.54) is 0 Å². The van der Waals surface area contributed by atoms with Crippen LogP contribution in [0, 0.1) is 0 Å². The summed E-state index contributed by atoms with van der Waals surface area (Å²) in [5.41, 5.74) is 0.218. The minimum absolute atomic E-state index is 0.0474. The Hall–Kier alpha value is -1.46. The van der Waals surface area contributed by atoms with Gasteiger partial charge in [-0.3, -0.25) is 0 Å². The van der Waals surface area contributed by atoms with Gasteiger partial charge in [0.1, 0.15) is 11.4 Å². The highest BCUT2D eigenvalue weighted by Crippen LogP contribution is 2.21. The summed E-state index contributed by atoms with van der Waals surface area (Å²) < 4.78 is 5.41. The first-order valence-electron chi connectivity index (χ1n) is 7.78. The maximum absolute atomic E-state index is 12.2. The van der Waals surface area contributed by atoms with Crippen molar-refractivity contribution in [1.82, 2.24) is 10.2 Å². The second-order valence-electron chi connectivity index (χ2n) is 6.72. The van der Waals surface area contributed by atoms with Crippen LogP contribution in [0.25, 0.3) is 0 Å². The van der Waals surface area contributed by atoms with Gasteiger partial charge in [-0.2, -0.15) is 0 Å². The molecule has 0 aliphatic rings. The molecule has 0 aliphatic carbocycles. The van der Waals surface area contributed by atoms with Crippen LogP contribution in [0.3, 0.4) is 0 Å². The molecule has 1 rings (SSSR count). The molecule has 0 saturated heterocycles. The standard InChI is InChI=1S/C17H27ClN2O3/c1-12(2)20(16(22)23-17(3,4)5)9-8-19-11-13-10-14(18)6-7-15(13)21/h6-7,10,12,19,21H,8-9,11H2,1-5H3. The minimum Gasteiger partial charge on any atom is -0.508 e. The first kappa shape index (κ1) is 19.6. The van der Waals surface area contributed by atoms with E-state index in [2.05, 4.69) is 5.32 Å². The summed E-state index contributed by atoms with van der Waals surface area (Å²) in [6.45, 7) is 11.0. The molecular formula is C17H27ClN2O3. The van der Waals surface area contributed by atoms with Gasteiger partial charge in [-0.25, -0.2) is 4.79 Å². The molecule has 5 nitrogen and oxygen atoms in total. The second kappa shape index (κ2) is 8.41. The number of hydrogen-bond donors (Lipinski definition) is 2. The molecule has 0 aromatic heterocycles. The van der Waals surface area contributed by atoms with Crippen LogP contribution in [0.4, 0.5) is 4.79 Å². The highest BCUT2D eigenvalue weighted by atomic mass is 35.5. The molecule has 0 saturated carbocycles. The summed E-state index contributed by atoms with van der Waals surface area (Å²) in [5.74, 6) is 0.203. The van der Waals surface area contributed by atoms with Gasteiger partial charge in [0.15, 0.2) is 0 Å². The molecule has 0 atom stereocenters. The molecule has 1 amide bonds. The van der Waals surface area contributed by atoms with Crippen molar-refractivity contribution in [3.63, 3.8) is 0 Å². The van der Waals surface area contributed by atoms with Gasteiger partial charge < -0.3 is 20.1 Å². The van der Waals surface area contributed by atoms with Crippen LogP contribution in [-0.2, 0) is 11.3 Å². The van der Waals surface area contributed by atoms with Crippen LogP contribution >= 0.6 is 11.6 Å². The number of benzene rings is 1. The number of carbonyl (C=O) groups is 1. The molecule has 0 aliphatic heterocycles. The Labute approximate surface area is 143 Å². The number of nitrogens with zero attached hydrogens (tertiary/aromatic N) is 1. The normalized spacial score (nSPS) is 11.6. The third kappa shape index (κ3) is 7.10. The van der Waals surface area contributed by atoms with E-state index in [9.17, 15) is 9.90 Å². The SMILES string of the molecule is CC(C)N(CCNCc1cc(Cl)ccc1O)C(=O)OC(C)(C)C. The van der Waals surface area contributed by atoms with Gasteiger partial charge in [-0.15, -0.1) is 0 Å². The van der Waals surface area contributed by atoms with Crippen LogP contribution in [0.15, 0.2) is 18.2 Å². The summed E-state index contributed by atoms with van der Waals surface area (Å²) in [7, 11) is 0. The minimum atomic E-state index is -0.510. The summed E-state index contributed by atoms with van der Waals surface area (Å²) in [6, 6.07) is 4.98. The van der Waals surface area contributed by atoms with Gasteiger partial charge >= 0.3 is 6.09 Å². The summed E-state index contributed by atoms with van der Waals surface area (Å²) >= 11 is 5.92. The molecule has 130 valence electrons. The number of rotatable bonds is 6. The van der Waals surface area contributed by atoms with Crippen molar-refractivity contribution in [3.8, 4) is 5.75 Å². The van der Waals surface area contributed by atoms with Crippen LogP contribution < -0.4 is 5.32 Å². The van der Waals surface area contributed by atoms with E-state index in [1.54, 1.807) is 23.1 Å². The molecule has 0 radical (unpaired) electrons. The Kier molecular flexibility index (Phi) is 7.16. The van der Waals surface area contributed by atoms with Crippen LogP contribution in [-0.4, -0.2) is 40.8 Å². The van der Waals surface area contributed by atoms with Crippen molar-refractivity contribution in [3.05, 3.63) is 28.8 Å². The van der Waals surface area contributed by atoms with Gasteiger partial charge in [-0.05, 0) is 52.8 Å². The van der Waals surface area contributed by atoms with Gasteiger partial charge in [-0.1, -0.05) is 11.6 Å². The zero-order chi connectivity index (χ0) is 17.6. The maximum Gasteiger partial charge on any atom is 0.410 e. The van der Waals surface area contributed by atoms with Crippen molar-refractivity contribution < 1.29 is 14.6 Å². The summed E-state index contributed by atoms with van der Waals surface area (Å²) in [5, 5.41) is 13.5. The lowest BCUT2D eigenvalue weighted by Crippen LogP contribution is -2.44. The van der Waals surface area contributed by atoms with Gasteiger partial charge in [0.05, 0.1) is 0 Å². The third-order valence-electron chi connectivity index (χ3n) is 3.14. The number of halogens is 1. The van der Waals surface area contributed by atoms with E-state index < -0.39 is 5.60 Å². The first-order valence-corrected chi connectivity index (χ1v) is 8.15. The maximum atomic E-state index is 12.2. The number of ether oxygens (including phenoxy) is 1. The molecule has 0 unspecified atom stereocenters. The summed E-state index contributed by atoms with van der Waals surface area (Å²) in [4.78, 5) is 13.9. The van der Waals surface area contributed by atoms with Gasteiger partial charge in [0.2, 0.25) is 0 Å². The van der Waals surface area contributed by atoms with E-state index in [0.717, 1.165) is 5.56 Å². The first-order chi connectivity index (χ1) is 10.6. The molecule has 2 N–H and O–H groups in total. The lowest BCUT2D eigenvalue weighted by Gasteiger charge is -2.30. The number of nitrogens with one attached hydrogen (secondary N) is 1. The quantitative estimate of drug-likeness (QED) is 0.772. The molecule has 0 bridgehead atoms. The largest absolute Gasteiger partial charge is 0.508 e. The molecule has 0 fully saturated rings. The summed E-state index contributed by atoms with van der Waals surface area (Å²) in [6.07, 6.45) is -0.320. The Balaban J connectivity index is 2.50. The Morgan fingerprint density at radius 3 is 2.61 bits per heavy atom. The number of phenolic OH excluding ortho intramolecular Hbond substituents is 1. The molecule has 0 spiro atoms. The average molecular weight is 343 g/mol. The van der Waals surface area contributed by atoms with Gasteiger partial charge in [0.25, 0.3) is 0 Å². The third-order valence-corrected chi connectivity index (χ3v) is 3.37. The van der Waals surface area contributed by atoms with Crippen LogP contribution in [0.1, 0.15) is 40.2 Å². The van der Waals surface area contributed by atoms with Crippen LogP contribution in [0.2, 0.25) is 5.02 Å². The molecule has 0 heterocycles. The average Bonchev–Trinajstić information content (AvgIpc) is 2.39. The number of phenols is 1. The Morgan fingerprint density at radius 2 is 2.04 bits per heavy atom. The fourth-order valence-corrected chi connectivity index (χ4v) is 2.19. The Bertz CT molecular complexity index is 527. The van der Waals surface area contributed by atoms with Crippen molar-refractivity contribution >= 4 is 17.7 Å². The number of carbonyl (C=O) groups excluding carboxylic acids is 1. The molecule has 1 aromatic carbocycles. The lowest BCUT2D eigenvalue weighted by atomic mass is 10.2. The predicted octanol–water partition coefficient (Wildman–Crippen LogP) is 3.78. The van der Waals surface area contributed by atoms with E-state index in [4.69, 9.17) is 16.3 Å². The van der Waals surface area contributed by atoms with Crippen molar-refractivity contribution in [2.45, 2.75) is 52.8 Å². The van der Waals surface area contributed by atoms with Crippen LogP contribution in [0.5, 0.6) is 5.75 Å². The van der Waals surface area contributed by atoms with Gasteiger partial charge in [0, 0.05) is 36.3 Å². The molecular weight excluding hydrogens is 316 g/mol. The van der Waals surface area contributed by atoms with E-state index in [0.29, 0.717) is 24.7 Å². The zero-order valence-corrected chi connectivity index (χ0v) is 15.3. The number of amides is 1. The molecule has 1 aromatic rings.